The summed E-state index contributed by atoms with van der Waals surface area (Å²) in [5.74, 6) is 0.00396. The highest BCUT2D eigenvalue weighted by molar-refractivity contribution is 7.13. The molecule has 2 heterocycles. The third-order valence-corrected chi connectivity index (χ3v) is 3.94. The second-order valence-corrected chi connectivity index (χ2v) is 5.69. The normalized spacial score (nSPS) is 14.2. The van der Waals surface area contributed by atoms with E-state index in [9.17, 15) is 9.59 Å². The van der Waals surface area contributed by atoms with E-state index in [2.05, 4.69) is 20.9 Å². The molecule has 7 heteroatoms. The fourth-order valence-electron chi connectivity index (χ4n) is 2.22. The van der Waals surface area contributed by atoms with Gasteiger partial charge in [-0.25, -0.2) is 9.78 Å². The molecule has 2 aromatic rings. The molecule has 1 aromatic heterocycles. The summed E-state index contributed by atoms with van der Waals surface area (Å²) < 4.78 is 0. The van der Waals surface area contributed by atoms with Crippen LogP contribution in [0.4, 0.5) is 15.6 Å². The minimum absolute atomic E-state index is 0.00396. The van der Waals surface area contributed by atoms with Gasteiger partial charge in [-0.05, 0) is 24.1 Å². The summed E-state index contributed by atoms with van der Waals surface area (Å²) in [5.41, 5.74) is 2.77. The average Bonchev–Trinajstić information content (AvgIpc) is 3.05. The quantitative estimate of drug-likeness (QED) is 0.814. The first kappa shape index (κ1) is 13.6. The van der Waals surface area contributed by atoms with Gasteiger partial charge in [-0.1, -0.05) is 12.1 Å². The van der Waals surface area contributed by atoms with Gasteiger partial charge in [0, 0.05) is 17.3 Å². The molecule has 3 rings (SSSR count). The Bertz CT molecular complexity index is 684. The van der Waals surface area contributed by atoms with Crippen LogP contribution in [0.3, 0.4) is 0 Å². The summed E-state index contributed by atoms with van der Waals surface area (Å²) in [6, 6.07) is 5.26. The van der Waals surface area contributed by atoms with Crippen LogP contribution in [0.1, 0.15) is 24.1 Å². The predicted octanol–water partition coefficient (Wildman–Crippen LogP) is 2.52. The van der Waals surface area contributed by atoms with Crippen molar-refractivity contribution in [3.63, 3.8) is 0 Å². The molecule has 0 saturated carbocycles. The highest BCUT2D eigenvalue weighted by atomic mass is 32.1. The fraction of sp³-hybridized carbons (Fsp3) is 0.214. The van der Waals surface area contributed by atoms with Crippen LogP contribution in [0.25, 0.3) is 0 Å². The number of nitrogens with zero attached hydrogens (tertiary/aromatic N) is 1. The van der Waals surface area contributed by atoms with Gasteiger partial charge in [0.15, 0.2) is 5.13 Å². The van der Waals surface area contributed by atoms with Crippen LogP contribution in [-0.2, 0) is 11.2 Å². The third-order valence-electron chi connectivity index (χ3n) is 3.25. The first-order valence-electron chi connectivity index (χ1n) is 6.51. The van der Waals surface area contributed by atoms with Crippen LogP contribution in [0.2, 0.25) is 0 Å². The van der Waals surface area contributed by atoms with E-state index in [1.54, 1.807) is 11.6 Å². The summed E-state index contributed by atoms with van der Waals surface area (Å²) in [7, 11) is 0. The maximum Gasteiger partial charge on any atom is 0.321 e. The van der Waals surface area contributed by atoms with E-state index < -0.39 is 0 Å². The van der Waals surface area contributed by atoms with Gasteiger partial charge in [-0.15, -0.1) is 11.3 Å². The topological polar surface area (TPSA) is 83.1 Å². The molecular formula is C14H14N4O2S. The lowest BCUT2D eigenvalue weighted by Gasteiger charge is -2.15. The van der Waals surface area contributed by atoms with Crippen molar-refractivity contribution < 1.29 is 9.59 Å². The maximum atomic E-state index is 11.9. The van der Waals surface area contributed by atoms with Gasteiger partial charge in [-0.2, -0.15) is 0 Å². The van der Waals surface area contributed by atoms with E-state index in [1.165, 1.54) is 11.3 Å². The number of hydrogen-bond donors (Lipinski definition) is 3. The predicted molar refractivity (Wildman–Crippen MR) is 81.5 cm³/mol. The number of fused-ring (bicyclic) bond motifs is 1. The van der Waals surface area contributed by atoms with E-state index in [4.69, 9.17) is 0 Å². The number of benzene rings is 1. The Morgan fingerprint density at radius 2 is 2.33 bits per heavy atom. The Hall–Kier alpha value is -2.41. The van der Waals surface area contributed by atoms with Crippen molar-refractivity contribution in [3.05, 3.63) is 40.9 Å². The molecule has 1 aliphatic rings. The van der Waals surface area contributed by atoms with Crippen molar-refractivity contribution >= 4 is 34.1 Å². The van der Waals surface area contributed by atoms with Crippen molar-refractivity contribution in [2.75, 3.05) is 10.6 Å². The van der Waals surface area contributed by atoms with Gasteiger partial charge in [0.25, 0.3) is 0 Å². The summed E-state index contributed by atoms with van der Waals surface area (Å²) in [6.07, 6.45) is 2.02. The number of nitrogens with one attached hydrogen (secondary N) is 3. The highest BCUT2D eigenvalue weighted by Gasteiger charge is 2.19. The number of rotatable bonds is 3. The summed E-state index contributed by atoms with van der Waals surface area (Å²) >= 11 is 1.36. The number of carbonyl (C=O) groups excluding carboxylic acids is 2. The number of aromatic nitrogens is 1. The zero-order valence-corrected chi connectivity index (χ0v) is 12.2. The molecule has 21 heavy (non-hydrogen) atoms. The number of thiazole rings is 1. The number of urea groups is 1. The van der Waals surface area contributed by atoms with Crippen molar-refractivity contribution in [3.8, 4) is 0 Å². The zero-order chi connectivity index (χ0) is 14.8. The Labute approximate surface area is 125 Å². The van der Waals surface area contributed by atoms with Gasteiger partial charge in [0.1, 0.15) is 0 Å². The van der Waals surface area contributed by atoms with E-state index in [1.807, 2.05) is 25.1 Å². The largest absolute Gasteiger partial charge is 0.331 e. The molecule has 3 amide bonds. The fourth-order valence-corrected chi connectivity index (χ4v) is 2.74. The van der Waals surface area contributed by atoms with Gasteiger partial charge < -0.3 is 10.6 Å². The van der Waals surface area contributed by atoms with Crippen molar-refractivity contribution in [1.29, 1.82) is 0 Å². The molecule has 1 aromatic carbocycles. The minimum Gasteiger partial charge on any atom is -0.331 e. The molecule has 6 nitrogen and oxygen atoms in total. The first-order valence-corrected chi connectivity index (χ1v) is 7.39. The van der Waals surface area contributed by atoms with Crippen LogP contribution < -0.4 is 16.0 Å². The van der Waals surface area contributed by atoms with Crippen molar-refractivity contribution in [1.82, 2.24) is 10.3 Å². The van der Waals surface area contributed by atoms with E-state index in [0.29, 0.717) is 11.6 Å². The van der Waals surface area contributed by atoms with Crippen molar-refractivity contribution in [2.45, 2.75) is 19.4 Å². The highest BCUT2D eigenvalue weighted by Crippen LogP contribution is 2.26. The molecule has 0 aliphatic carbocycles. The molecule has 1 unspecified atom stereocenters. The number of amides is 3. The summed E-state index contributed by atoms with van der Waals surface area (Å²) in [6.45, 7) is 1.90. The number of hydrogen-bond acceptors (Lipinski definition) is 4. The molecule has 0 saturated heterocycles. The average molecular weight is 302 g/mol. The second-order valence-electron chi connectivity index (χ2n) is 4.80. The maximum absolute atomic E-state index is 11.9. The molecule has 1 atom stereocenters. The zero-order valence-electron chi connectivity index (χ0n) is 11.3. The number of anilines is 2. The van der Waals surface area contributed by atoms with Gasteiger partial charge >= 0.3 is 6.03 Å². The Morgan fingerprint density at radius 3 is 3.10 bits per heavy atom. The molecule has 0 fully saturated rings. The lowest BCUT2D eigenvalue weighted by atomic mass is 10.0. The van der Waals surface area contributed by atoms with Gasteiger partial charge in [-0.3, -0.25) is 10.1 Å². The van der Waals surface area contributed by atoms with Crippen LogP contribution >= 0.6 is 11.3 Å². The monoisotopic (exact) mass is 302 g/mol. The van der Waals surface area contributed by atoms with Crippen LogP contribution in [0.15, 0.2) is 29.8 Å². The van der Waals surface area contributed by atoms with Gasteiger partial charge in [0.2, 0.25) is 5.91 Å². The first-order chi connectivity index (χ1) is 10.1. The van der Waals surface area contributed by atoms with E-state index in [-0.39, 0.29) is 18.0 Å². The molecule has 0 bridgehead atoms. The lowest BCUT2D eigenvalue weighted by Crippen LogP contribution is -2.31. The van der Waals surface area contributed by atoms with Crippen molar-refractivity contribution in [2.24, 2.45) is 0 Å². The second kappa shape index (κ2) is 5.53. The van der Waals surface area contributed by atoms with Crippen LogP contribution in [0.5, 0.6) is 0 Å². The minimum atomic E-state index is -0.299. The van der Waals surface area contributed by atoms with E-state index in [0.717, 1.165) is 16.8 Å². The SMILES string of the molecule is CC(NC(=O)Nc1nccs1)c1ccc2c(c1)CC(=O)N2. The molecule has 3 N–H and O–H groups in total. The number of carbonyl (C=O) groups is 2. The summed E-state index contributed by atoms with van der Waals surface area (Å²) in [4.78, 5) is 27.2. The van der Waals surface area contributed by atoms with Crippen LogP contribution in [-0.4, -0.2) is 16.9 Å². The molecule has 0 radical (unpaired) electrons. The third kappa shape index (κ3) is 3.03. The molecule has 1 aliphatic heterocycles. The van der Waals surface area contributed by atoms with Gasteiger partial charge in [0.05, 0.1) is 12.5 Å². The Kier molecular flexibility index (Phi) is 3.57. The Balaban J connectivity index is 1.65. The standard InChI is InChI=1S/C14H14N4O2S/c1-8(16-13(20)18-14-15-4-5-21-14)9-2-3-11-10(6-9)7-12(19)17-11/h2-6,8H,7H2,1H3,(H,17,19)(H2,15,16,18,20). The smallest absolute Gasteiger partial charge is 0.321 e. The lowest BCUT2D eigenvalue weighted by molar-refractivity contribution is -0.115. The molecule has 0 spiro atoms. The molecule has 108 valence electrons. The molecular weight excluding hydrogens is 288 g/mol. The van der Waals surface area contributed by atoms with Crippen LogP contribution in [0, 0.1) is 0 Å². The Morgan fingerprint density at radius 1 is 1.48 bits per heavy atom. The van der Waals surface area contributed by atoms with E-state index >= 15 is 0 Å². The summed E-state index contributed by atoms with van der Waals surface area (Å²) in [5, 5.41) is 10.7.